The fourth-order valence-electron chi connectivity index (χ4n) is 2.00. The van der Waals surface area contributed by atoms with E-state index < -0.39 is 0 Å². The van der Waals surface area contributed by atoms with Crippen LogP contribution in [0.5, 0.6) is 5.75 Å². The van der Waals surface area contributed by atoms with Crippen LogP contribution in [0.4, 0.5) is 11.5 Å². The Morgan fingerprint density at radius 2 is 1.89 bits per heavy atom. The van der Waals surface area contributed by atoms with E-state index in [0.717, 1.165) is 28.8 Å². The number of rotatable bonds is 4. The van der Waals surface area contributed by atoms with Crippen molar-refractivity contribution >= 4 is 11.5 Å². The Balaban J connectivity index is 1.81. The summed E-state index contributed by atoms with van der Waals surface area (Å²) < 4.78 is 5.14. The molecule has 1 aromatic heterocycles. The van der Waals surface area contributed by atoms with Crippen LogP contribution in [0, 0.1) is 6.92 Å². The maximum atomic E-state index is 5.14. The summed E-state index contributed by atoms with van der Waals surface area (Å²) in [4.78, 5) is 9.07. The van der Waals surface area contributed by atoms with Crippen LogP contribution in [0.15, 0.2) is 30.3 Å². The van der Waals surface area contributed by atoms with E-state index in [9.17, 15) is 0 Å². The van der Waals surface area contributed by atoms with E-state index in [0.29, 0.717) is 5.92 Å². The minimum atomic E-state index is 0.566. The highest BCUT2D eigenvalue weighted by atomic mass is 16.5. The zero-order valence-electron chi connectivity index (χ0n) is 11.2. The molecule has 1 aliphatic carbocycles. The minimum absolute atomic E-state index is 0.566. The molecule has 19 heavy (non-hydrogen) atoms. The molecule has 1 heterocycles. The highest BCUT2D eigenvalue weighted by Crippen LogP contribution is 2.38. The number of nitrogens with one attached hydrogen (secondary N) is 1. The van der Waals surface area contributed by atoms with Crippen molar-refractivity contribution < 1.29 is 4.74 Å². The van der Waals surface area contributed by atoms with E-state index >= 15 is 0 Å². The molecular weight excluding hydrogens is 238 g/mol. The Labute approximate surface area is 112 Å². The fraction of sp³-hybridized carbons (Fsp3) is 0.333. The first-order valence-electron chi connectivity index (χ1n) is 6.51. The molecule has 4 heteroatoms. The van der Waals surface area contributed by atoms with Crippen molar-refractivity contribution in [2.45, 2.75) is 25.7 Å². The first-order chi connectivity index (χ1) is 9.24. The van der Waals surface area contributed by atoms with Crippen molar-refractivity contribution in [3.63, 3.8) is 0 Å². The maximum absolute atomic E-state index is 5.14. The standard InChI is InChI=1S/C15H17N3O/c1-10-9-14(18-15(16-10)11-3-4-11)17-12-5-7-13(19-2)8-6-12/h5-9,11H,3-4H2,1-2H3,(H,16,17,18). The van der Waals surface area contributed by atoms with E-state index in [1.54, 1.807) is 7.11 Å². The monoisotopic (exact) mass is 255 g/mol. The van der Waals surface area contributed by atoms with E-state index in [2.05, 4.69) is 15.3 Å². The Hall–Kier alpha value is -2.10. The lowest BCUT2D eigenvalue weighted by molar-refractivity contribution is 0.415. The van der Waals surface area contributed by atoms with Crippen molar-refractivity contribution in [2.75, 3.05) is 12.4 Å². The second-order valence-electron chi connectivity index (χ2n) is 4.88. The average Bonchev–Trinajstić information content (AvgIpc) is 3.23. The van der Waals surface area contributed by atoms with Gasteiger partial charge < -0.3 is 10.1 Å². The maximum Gasteiger partial charge on any atom is 0.134 e. The van der Waals surface area contributed by atoms with E-state index in [4.69, 9.17) is 4.74 Å². The van der Waals surface area contributed by atoms with Gasteiger partial charge in [-0.25, -0.2) is 9.97 Å². The molecule has 1 fully saturated rings. The molecule has 1 saturated carbocycles. The van der Waals surface area contributed by atoms with Gasteiger partial charge in [-0.1, -0.05) is 0 Å². The Morgan fingerprint density at radius 1 is 1.16 bits per heavy atom. The molecule has 2 aromatic rings. The molecule has 0 radical (unpaired) electrons. The quantitative estimate of drug-likeness (QED) is 0.909. The molecule has 0 spiro atoms. The highest BCUT2D eigenvalue weighted by Gasteiger charge is 2.26. The van der Waals surface area contributed by atoms with E-state index in [-0.39, 0.29) is 0 Å². The van der Waals surface area contributed by atoms with Gasteiger partial charge in [0.25, 0.3) is 0 Å². The van der Waals surface area contributed by atoms with Crippen molar-refractivity contribution in [3.05, 3.63) is 41.9 Å². The smallest absolute Gasteiger partial charge is 0.134 e. The third kappa shape index (κ3) is 2.84. The molecule has 0 saturated heterocycles. The third-order valence-corrected chi connectivity index (χ3v) is 3.18. The van der Waals surface area contributed by atoms with Gasteiger partial charge in [-0.05, 0) is 44.0 Å². The molecule has 0 aliphatic heterocycles. The van der Waals surface area contributed by atoms with Crippen molar-refractivity contribution in [1.29, 1.82) is 0 Å². The second-order valence-corrected chi connectivity index (χ2v) is 4.88. The van der Waals surface area contributed by atoms with Gasteiger partial charge in [0.05, 0.1) is 7.11 Å². The molecule has 98 valence electrons. The lowest BCUT2D eigenvalue weighted by Crippen LogP contribution is -2.00. The van der Waals surface area contributed by atoms with Crippen LogP contribution in [-0.2, 0) is 0 Å². The van der Waals surface area contributed by atoms with Gasteiger partial charge in [0.1, 0.15) is 17.4 Å². The zero-order valence-corrected chi connectivity index (χ0v) is 11.2. The van der Waals surface area contributed by atoms with Gasteiger partial charge in [0.15, 0.2) is 0 Å². The van der Waals surface area contributed by atoms with Gasteiger partial charge in [-0.15, -0.1) is 0 Å². The minimum Gasteiger partial charge on any atom is -0.497 e. The van der Waals surface area contributed by atoms with Crippen LogP contribution in [0.25, 0.3) is 0 Å². The van der Waals surface area contributed by atoms with Crippen molar-refractivity contribution in [2.24, 2.45) is 0 Å². The number of hydrogen-bond donors (Lipinski definition) is 1. The summed E-state index contributed by atoms with van der Waals surface area (Å²) >= 11 is 0. The molecule has 0 atom stereocenters. The number of anilines is 2. The highest BCUT2D eigenvalue weighted by molar-refractivity contribution is 5.57. The molecule has 1 aliphatic rings. The molecule has 0 amide bonds. The van der Waals surface area contributed by atoms with Gasteiger partial charge in [-0.3, -0.25) is 0 Å². The van der Waals surface area contributed by atoms with Crippen molar-refractivity contribution in [3.8, 4) is 5.75 Å². The lowest BCUT2D eigenvalue weighted by Gasteiger charge is -2.09. The van der Waals surface area contributed by atoms with E-state index in [1.807, 2.05) is 37.3 Å². The second kappa shape index (κ2) is 4.88. The molecule has 0 unspecified atom stereocenters. The number of aromatic nitrogens is 2. The summed E-state index contributed by atoms with van der Waals surface area (Å²) in [6, 6.07) is 9.78. The summed E-state index contributed by atoms with van der Waals surface area (Å²) in [6.45, 7) is 2.01. The Bertz CT molecular complexity index is 576. The number of methoxy groups -OCH3 is 1. The fourth-order valence-corrected chi connectivity index (χ4v) is 2.00. The van der Waals surface area contributed by atoms with Crippen LogP contribution in [-0.4, -0.2) is 17.1 Å². The molecular formula is C15H17N3O. The molecule has 1 N–H and O–H groups in total. The molecule has 1 aromatic carbocycles. The predicted octanol–water partition coefficient (Wildman–Crippen LogP) is 3.41. The Morgan fingerprint density at radius 3 is 2.53 bits per heavy atom. The summed E-state index contributed by atoms with van der Waals surface area (Å²) in [6.07, 6.45) is 2.43. The number of nitrogens with zero attached hydrogens (tertiary/aromatic N) is 2. The topological polar surface area (TPSA) is 47.0 Å². The van der Waals surface area contributed by atoms with Gasteiger partial charge in [0, 0.05) is 23.4 Å². The van der Waals surface area contributed by atoms with Crippen LogP contribution in [0.3, 0.4) is 0 Å². The zero-order chi connectivity index (χ0) is 13.2. The lowest BCUT2D eigenvalue weighted by atomic mass is 10.3. The largest absolute Gasteiger partial charge is 0.497 e. The summed E-state index contributed by atoms with van der Waals surface area (Å²) in [5.74, 6) is 3.25. The van der Waals surface area contributed by atoms with Gasteiger partial charge in [0.2, 0.25) is 0 Å². The summed E-state index contributed by atoms with van der Waals surface area (Å²) in [7, 11) is 1.66. The van der Waals surface area contributed by atoms with Gasteiger partial charge >= 0.3 is 0 Å². The van der Waals surface area contributed by atoms with Gasteiger partial charge in [-0.2, -0.15) is 0 Å². The third-order valence-electron chi connectivity index (χ3n) is 3.18. The van der Waals surface area contributed by atoms with Crippen LogP contribution in [0.1, 0.15) is 30.3 Å². The SMILES string of the molecule is COc1ccc(Nc2cc(C)nc(C3CC3)n2)cc1. The number of benzene rings is 1. The molecule has 3 rings (SSSR count). The number of ether oxygens (including phenoxy) is 1. The first-order valence-corrected chi connectivity index (χ1v) is 6.51. The van der Waals surface area contributed by atoms with E-state index in [1.165, 1.54) is 12.8 Å². The number of aryl methyl sites for hydroxylation is 1. The normalized spacial score (nSPS) is 14.2. The first kappa shape index (κ1) is 12.0. The summed E-state index contributed by atoms with van der Waals surface area (Å²) in [5.41, 5.74) is 2.01. The van der Waals surface area contributed by atoms with Crippen LogP contribution in [0.2, 0.25) is 0 Å². The Kier molecular flexibility index (Phi) is 3.07. The van der Waals surface area contributed by atoms with Crippen molar-refractivity contribution in [1.82, 2.24) is 9.97 Å². The number of hydrogen-bond acceptors (Lipinski definition) is 4. The molecule has 4 nitrogen and oxygen atoms in total. The average molecular weight is 255 g/mol. The van der Waals surface area contributed by atoms with Crippen LogP contribution >= 0.6 is 0 Å². The molecule has 0 bridgehead atoms. The predicted molar refractivity (Wildman–Crippen MR) is 75.0 cm³/mol. The summed E-state index contributed by atoms with van der Waals surface area (Å²) in [5, 5.41) is 3.31. The van der Waals surface area contributed by atoms with Crippen LogP contribution < -0.4 is 10.1 Å².